The molecule has 1 N–H and O–H groups in total. The first-order valence-electron chi connectivity index (χ1n) is 6.24. The van der Waals surface area contributed by atoms with Gasteiger partial charge < -0.3 is 15.0 Å². The van der Waals surface area contributed by atoms with Crippen molar-refractivity contribution in [1.29, 1.82) is 0 Å². The summed E-state index contributed by atoms with van der Waals surface area (Å²) < 4.78 is 6.01. The summed E-state index contributed by atoms with van der Waals surface area (Å²) in [4.78, 5) is 10.8. The molecular weight excluding hydrogens is 216 g/mol. The molecule has 0 radical (unpaired) electrons. The van der Waals surface area contributed by atoms with E-state index in [1.165, 1.54) is 0 Å². The molecule has 92 valence electrons. The van der Waals surface area contributed by atoms with E-state index in [-0.39, 0.29) is 5.60 Å². The number of hydrogen-bond acceptors (Lipinski definition) is 5. The number of hydrogen-bond donors (Lipinski definition) is 1. The number of rotatable bonds is 1. The van der Waals surface area contributed by atoms with Crippen LogP contribution in [0.3, 0.4) is 0 Å². The van der Waals surface area contributed by atoms with Gasteiger partial charge in [0.15, 0.2) is 0 Å². The molecule has 2 aliphatic heterocycles. The first-order valence-corrected chi connectivity index (χ1v) is 6.24. The molecule has 3 rings (SSSR count). The van der Waals surface area contributed by atoms with Gasteiger partial charge in [0.05, 0.1) is 18.4 Å². The van der Waals surface area contributed by atoms with Crippen molar-refractivity contribution in [2.24, 2.45) is 0 Å². The maximum atomic E-state index is 6.01. The molecule has 0 aliphatic carbocycles. The van der Waals surface area contributed by atoms with Gasteiger partial charge in [-0.15, -0.1) is 0 Å². The molecular formula is C12H18N4O. The van der Waals surface area contributed by atoms with Crippen LogP contribution < -0.4 is 10.2 Å². The van der Waals surface area contributed by atoms with Crippen LogP contribution in [0.2, 0.25) is 0 Å². The second kappa shape index (κ2) is 4.58. The van der Waals surface area contributed by atoms with Gasteiger partial charge in [0.1, 0.15) is 5.82 Å². The minimum absolute atomic E-state index is 0.0198. The molecule has 3 heterocycles. The fourth-order valence-electron chi connectivity index (χ4n) is 2.72. The lowest BCUT2D eigenvalue weighted by atomic mass is 9.91. The van der Waals surface area contributed by atoms with Crippen LogP contribution in [-0.4, -0.2) is 48.4 Å². The topological polar surface area (TPSA) is 50.3 Å². The minimum atomic E-state index is -0.0198. The lowest BCUT2D eigenvalue weighted by Crippen LogP contribution is -2.59. The highest BCUT2D eigenvalue weighted by molar-refractivity contribution is 5.36. The summed E-state index contributed by atoms with van der Waals surface area (Å²) >= 11 is 0. The van der Waals surface area contributed by atoms with Crippen molar-refractivity contribution in [1.82, 2.24) is 15.3 Å². The maximum Gasteiger partial charge on any atom is 0.147 e. The van der Waals surface area contributed by atoms with Gasteiger partial charge in [0.2, 0.25) is 0 Å². The van der Waals surface area contributed by atoms with E-state index in [2.05, 4.69) is 20.2 Å². The minimum Gasteiger partial charge on any atom is -0.371 e. The predicted octanol–water partition coefficient (Wildman–Crippen LogP) is 0.435. The van der Waals surface area contributed by atoms with E-state index in [0.29, 0.717) is 0 Å². The molecule has 0 saturated carbocycles. The summed E-state index contributed by atoms with van der Waals surface area (Å²) in [6.45, 7) is 4.69. The van der Waals surface area contributed by atoms with E-state index >= 15 is 0 Å². The molecule has 0 amide bonds. The second-order valence-corrected chi connectivity index (χ2v) is 4.80. The van der Waals surface area contributed by atoms with Gasteiger partial charge in [0.25, 0.3) is 0 Å². The van der Waals surface area contributed by atoms with Crippen LogP contribution in [0.5, 0.6) is 0 Å². The average Bonchev–Trinajstić information content (AvgIpc) is 2.41. The van der Waals surface area contributed by atoms with E-state index in [1.807, 2.05) is 6.20 Å². The van der Waals surface area contributed by atoms with Gasteiger partial charge in [-0.05, 0) is 12.8 Å². The van der Waals surface area contributed by atoms with Crippen LogP contribution in [-0.2, 0) is 4.74 Å². The third-order valence-electron chi connectivity index (χ3n) is 3.55. The Balaban J connectivity index is 1.75. The first-order chi connectivity index (χ1) is 8.38. The highest BCUT2D eigenvalue weighted by atomic mass is 16.5. The molecule has 0 aromatic carbocycles. The fraction of sp³-hybridized carbons (Fsp3) is 0.667. The van der Waals surface area contributed by atoms with Gasteiger partial charge in [0, 0.05) is 38.6 Å². The molecule has 2 aliphatic rings. The average molecular weight is 234 g/mol. The Hall–Kier alpha value is -1.20. The van der Waals surface area contributed by atoms with Gasteiger partial charge in [-0.3, -0.25) is 4.98 Å². The second-order valence-electron chi connectivity index (χ2n) is 4.80. The van der Waals surface area contributed by atoms with E-state index < -0.39 is 0 Å². The Morgan fingerprint density at radius 3 is 3.18 bits per heavy atom. The van der Waals surface area contributed by atoms with Crippen molar-refractivity contribution in [2.75, 3.05) is 37.7 Å². The van der Waals surface area contributed by atoms with E-state index in [1.54, 1.807) is 12.4 Å². The molecule has 2 saturated heterocycles. The van der Waals surface area contributed by atoms with Gasteiger partial charge in [-0.1, -0.05) is 0 Å². The van der Waals surface area contributed by atoms with Crippen molar-refractivity contribution in [3.63, 3.8) is 0 Å². The van der Waals surface area contributed by atoms with Crippen molar-refractivity contribution in [3.05, 3.63) is 18.6 Å². The van der Waals surface area contributed by atoms with Crippen LogP contribution in [0.25, 0.3) is 0 Å². The molecule has 1 aromatic rings. The zero-order chi connectivity index (χ0) is 11.6. The van der Waals surface area contributed by atoms with Gasteiger partial charge >= 0.3 is 0 Å². The monoisotopic (exact) mass is 234 g/mol. The molecule has 0 unspecified atom stereocenters. The Labute approximate surface area is 101 Å². The number of ether oxygens (including phenoxy) is 1. The third-order valence-corrected chi connectivity index (χ3v) is 3.55. The van der Waals surface area contributed by atoms with Crippen molar-refractivity contribution < 1.29 is 4.74 Å². The highest BCUT2D eigenvalue weighted by Gasteiger charge is 2.38. The summed E-state index contributed by atoms with van der Waals surface area (Å²) in [6, 6.07) is 0. The van der Waals surface area contributed by atoms with Gasteiger partial charge in [-0.25, -0.2) is 4.98 Å². The Morgan fingerprint density at radius 2 is 2.41 bits per heavy atom. The SMILES string of the molecule is c1cnc(N2CCC[C@@]3(CNCCO3)C2)cn1. The number of aromatic nitrogens is 2. The summed E-state index contributed by atoms with van der Waals surface area (Å²) in [5.41, 5.74) is -0.0198. The lowest BCUT2D eigenvalue weighted by molar-refractivity contribution is -0.0726. The smallest absolute Gasteiger partial charge is 0.147 e. The fourth-order valence-corrected chi connectivity index (χ4v) is 2.72. The van der Waals surface area contributed by atoms with Crippen LogP contribution in [0.1, 0.15) is 12.8 Å². The van der Waals surface area contributed by atoms with Crippen molar-refractivity contribution >= 4 is 5.82 Å². The number of piperidine rings is 1. The Morgan fingerprint density at radius 1 is 1.41 bits per heavy atom. The van der Waals surface area contributed by atoms with Crippen molar-refractivity contribution in [3.8, 4) is 0 Å². The summed E-state index contributed by atoms with van der Waals surface area (Å²) in [6.07, 6.45) is 7.57. The molecule has 1 atom stereocenters. The number of morpholine rings is 1. The molecule has 5 nitrogen and oxygen atoms in total. The third kappa shape index (κ3) is 2.25. The molecule has 5 heteroatoms. The number of nitrogens with one attached hydrogen (secondary N) is 1. The summed E-state index contributed by atoms with van der Waals surface area (Å²) in [5, 5.41) is 3.43. The van der Waals surface area contributed by atoms with Crippen LogP contribution in [0, 0.1) is 0 Å². The largest absolute Gasteiger partial charge is 0.371 e. The van der Waals surface area contributed by atoms with Crippen LogP contribution in [0.4, 0.5) is 5.82 Å². The molecule has 1 aromatic heterocycles. The Bertz CT molecular complexity index is 359. The van der Waals surface area contributed by atoms with E-state index in [0.717, 1.165) is 51.4 Å². The van der Waals surface area contributed by atoms with E-state index in [9.17, 15) is 0 Å². The standard InChI is InChI=1S/C12H18N4O/c1-2-12(9-14-5-7-17-12)10-16(6-1)11-8-13-3-4-15-11/h3-4,8,14H,1-2,5-7,9-10H2/t12-/m1/s1. The Kier molecular flexibility index (Phi) is 2.94. The molecule has 0 bridgehead atoms. The van der Waals surface area contributed by atoms with Crippen LogP contribution >= 0.6 is 0 Å². The lowest BCUT2D eigenvalue weighted by Gasteiger charge is -2.45. The molecule has 1 spiro atoms. The summed E-state index contributed by atoms with van der Waals surface area (Å²) in [5.74, 6) is 0.959. The zero-order valence-electron chi connectivity index (χ0n) is 9.93. The highest BCUT2D eigenvalue weighted by Crippen LogP contribution is 2.28. The quantitative estimate of drug-likeness (QED) is 0.764. The predicted molar refractivity (Wildman–Crippen MR) is 65.0 cm³/mol. The normalized spacial score (nSPS) is 29.5. The van der Waals surface area contributed by atoms with Crippen LogP contribution in [0.15, 0.2) is 18.6 Å². The zero-order valence-corrected chi connectivity index (χ0v) is 9.93. The number of nitrogens with zero attached hydrogens (tertiary/aromatic N) is 3. The van der Waals surface area contributed by atoms with Gasteiger partial charge in [-0.2, -0.15) is 0 Å². The molecule has 17 heavy (non-hydrogen) atoms. The van der Waals surface area contributed by atoms with E-state index in [4.69, 9.17) is 4.74 Å². The summed E-state index contributed by atoms with van der Waals surface area (Å²) in [7, 11) is 0. The number of anilines is 1. The first kappa shape index (κ1) is 10.9. The van der Waals surface area contributed by atoms with Crippen molar-refractivity contribution in [2.45, 2.75) is 18.4 Å². The molecule has 2 fully saturated rings. The maximum absolute atomic E-state index is 6.01.